The van der Waals surface area contributed by atoms with E-state index in [9.17, 15) is 18.0 Å². The van der Waals surface area contributed by atoms with Crippen LogP contribution < -0.4 is 0 Å². The molecule has 0 saturated carbocycles. The first kappa shape index (κ1) is 23.5. The fourth-order valence-corrected chi connectivity index (χ4v) is 4.66. The molecule has 0 saturated heterocycles. The second-order valence-corrected chi connectivity index (χ2v) is 9.55. The van der Waals surface area contributed by atoms with Crippen LogP contribution in [0.1, 0.15) is 36.8 Å². The zero-order valence-electron chi connectivity index (χ0n) is 17.9. The Morgan fingerprint density at radius 2 is 1.72 bits per heavy atom. The molecular formula is C25H26O6S. The summed E-state index contributed by atoms with van der Waals surface area (Å²) in [6, 6.07) is 15.3. The number of rotatable bonds is 8. The summed E-state index contributed by atoms with van der Waals surface area (Å²) < 4.78 is 36.8. The molecule has 0 spiro atoms. The summed E-state index contributed by atoms with van der Waals surface area (Å²) in [5.74, 6) is -1.91. The maximum atomic E-state index is 13.2. The Bertz CT molecular complexity index is 1100. The van der Waals surface area contributed by atoms with Crippen LogP contribution in [-0.2, 0) is 28.9 Å². The summed E-state index contributed by atoms with van der Waals surface area (Å²) >= 11 is 0. The lowest BCUT2D eigenvalue weighted by Crippen LogP contribution is -2.40. The molecule has 7 heteroatoms. The molecule has 1 atom stereocenters. The number of hydrogen-bond acceptors (Lipinski definition) is 6. The molecule has 0 fully saturated rings. The second kappa shape index (κ2) is 10.9. The average Bonchev–Trinajstić information content (AvgIpc) is 2.78. The molecular weight excluding hydrogens is 428 g/mol. The van der Waals surface area contributed by atoms with Gasteiger partial charge in [-0.2, -0.15) is 0 Å². The van der Waals surface area contributed by atoms with Crippen molar-refractivity contribution < 1.29 is 27.5 Å². The number of benzene rings is 2. The van der Waals surface area contributed by atoms with E-state index >= 15 is 0 Å². The van der Waals surface area contributed by atoms with E-state index in [1.165, 1.54) is 12.1 Å². The van der Waals surface area contributed by atoms with Crippen molar-refractivity contribution in [2.75, 3.05) is 6.61 Å². The number of sulfone groups is 1. The summed E-state index contributed by atoms with van der Waals surface area (Å²) in [5.41, 5.74) is 1.75. The Labute approximate surface area is 188 Å². The maximum absolute atomic E-state index is 13.2. The molecule has 32 heavy (non-hydrogen) atoms. The molecule has 1 aliphatic rings. The van der Waals surface area contributed by atoms with Crippen molar-refractivity contribution >= 4 is 27.9 Å². The van der Waals surface area contributed by atoms with Crippen molar-refractivity contribution in [2.24, 2.45) is 0 Å². The lowest BCUT2D eigenvalue weighted by Gasteiger charge is -2.18. The van der Waals surface area contributed by atoms with Gasteiger partial charge in [-0.15, -0.1) is 0 Å². The predicted molar refractivity (Wildman–Crippen MR) is 121 cm³/mol. The Balaban J connectivity index is 1.79. The number of ether oxygens (including phenoxy) is 2. The Hall–Kier alpha value is -3.19. The van der Waals surface area contributed by atoms with Gasteiger partial charge in [0.05, 0.1) is 4.90 Å². The van der Waals surface area contributed by atoms with Crippen LogP contribution in [0.5, 0.6) is 0 Å². The molecule has 3 rings (SSSR count). The first-order valence-electron chi connectivity index (χ1n) is 10.5. The van der Waals surface area contributed by atoms with Gasteiger partial charge in [0.2, 0.25) is 9.84 Å². The third-order valence-corrected chi connectivity index (χ3v) is 6.94. The van der Waals surface area contributed by atoms with E-state index in [0.717, 1.165) is 30.4 Å². The molecule has 0 N–H and O–H groups in total. The summed E-state index contributed by atoms with van der Waals surface area (Å²) in [5, 5.41) is -2.10. The summed E-state index contributed by atoms with van der Waals surface area (Å²) in [6.45, 7) is 1.63. The molecule has 1 unspecified atom stereocenters. The normalized spacial score (nSPS) is 15.1. The Morgan fingerprint density at radius 1 is 1.00 bits per heavy atom. The quantitative estimate of drug-likeness (QED) is 0.434. The summed E-state index contributed by atoms with van der Waals surface area (Å²) in [7, 11) is -4.36. The van der Waals surface area contributed by atoms with Gasteiger partial charge in [0.15, 0.2) is 0 Å². The minimum absolute atomic E-state index is 0.139. The van der Waals surface area contributed by atoms with Gasteiger partial charge in [-0.25, -0.2) is 18.0 Å². The zero-order chi connectivity index (χ0) is 23.0. The van der Waals surface area contributed by atoms with Crippen molar-refractivity contribution in [1.29, 1.82) is 0 Å². The minimum Gasteiger partial charge on any atom is -0.460 e. The minimum atomic E-state index is -4.36. The van der Waals surface area contributed by atoms with Gasteiger partial charge in [-0.05, 0) is 56.0 Å². The van der Waals surface area contributed by atoms with Gasteiger partial charge in [-0.3, -0.25) is 0 Å². The van der Waals surface area contributed by atoms with Crippen molar-refractivity contribution in [1.82, 2.24) is 0 Å². The molecule has 2 aromatic carbocycles. The van der Waals surface area contributed by atoms with Crippen LogP contribution in [0, 0.1) is 6.92 Å². The van der Waals surface area contributed by atoms with Crippen molar-refractivity contribution in [3.8, 4) is 0 Å². The van der Waals surface area contributed by atoms with Crippen molar-refractivity contribution in [3.05, 3.63) is 83.6 Å². The molecule has 0 radical (unpaired) electrons. The Kier molecular flexibility index (Phi) is 8.00. The van der Waals surface area contributed by atoms with Gasteiger partial charge in [-0.1, -0.05) is 54.1 Å². The van der Waals surface area contributed by atoms with Crippen molar-refractivity contribution in [3.63, 3.8) is 0 Å². The number of esters is 2. The predicted octanol–water partition coefficient (Wildman–Crippen LogP) is 4.40. The highest BCUT2D eigenvalue weighted by Gasteiger charge is 2.43. The van der Waals surface area contributed by atoms with Crippen LogP contribution in [0.3, 0.4) is 0 Å². The van der Waals surface area contributed by atoms with E-state index in [1.807, 2.05) is 37.3 Å². The van der Waals surface area contributed by atoms with Crippen LogP contribution in [-0.4, -0.2) is 32.2 Å². The van der Waals surface area contributed by atoms with Crippen LogP contribution in [0.15, 0.2) is 77.4 Å². The third-order valence-electron chi connectivity index (χ3n) is 5.00. The van der Waals surface area contributed by atoms with E-state index < -0.39 is 27.0 Å². The van der Waals surface area contributed by atoms with E-state index in [0.29, 0.717) is 12.2 Å². The third kappa shape index (κ3) is 6.17. The summed E-state index contributed by atoms with van der Waals surface area (Å²) in [6.07, 6.45) is 8.15. The molecule has 2 aromatic rings. The van der Waals surface area contributed by atoms with Crippen LogP contribution in [0.2, 0.25) is 0 Å². The SMILES string of the molecule is Cc1ccc(S(=O)(=O)C(C(=O)OC/C=C/c2ccccc2)C(=O)OC2=CCCCC2)cc1. The summed E-state index contributed by atoms with van der Waals surface area (Å²) in [4.78, 5) is 25.5. The second-order valence-electron chi connectivity index (χ2n) is 7.52. The highest BCUT2D eigenvalue weighted by atomic mass is 32.2. The molecule has 0 aromatic heterocycles. The smallest absolute Gasteiger partial charge is 0.341 e. The highest BCUT2D eigenvalue weighted by Crippen LogP contribution is 2.23. The molecule has 0 amide bonds. The lowest BCUT2D eigenvalue weighted by atomic mass is 10.1. The maximum Gasteiger partial charge on any atom is 0.341 e. The fourth-order valence-electron chi connectivity index (χ4n) is 3.25. The number of carbonyl (C=O) groups is 2. The topological polar surface area (TPSA) is 86.7 Å². The van der Waals surface area contributed by atoms with E-state index in [-0.39, 0.29) is 11.5 Å². The monoisotopic (exact) mass is 454 g/mol. The first-order valence-corrected chi connectivity index (χ1v) is 12.0. The van der Waals surface area contributed by atoms with Gasteiger partial charge in [0.1, 0.15) is 12.4 Å². The van der Waals surface area contributed by atoms with Gasteiger partial charge >= 0.3 is 11.9 Å². The molecule has 0 aliphatic heterocycles. The molecule has 6 nitrogen and oxygen atoms in total. The van der Waals surface area contributed by atoms with E-state index in [2.05, 4.69) is 0 Å². The van der Waals surface area contributed by atoms with Crippen LogP contribution in [0.4, 0.5) is 0 Å². The number of hydrogen-bond donors (Lipinski definition) is 0. The standard InChI is InChI=1S/C25H26O6S/c1-19-14-16-22(17-15-19)32(28,29)23(25(27)31-21-12-6-3-7-13-21)24(26)30-18-8-11-20-9-4-2-5-10-20/h2,4-5,8-12,14-17,23H,3,6-7,13,18H2,1H3/b11-8+. The van der Waals surface area contributed by atoms with Gasteiger partial charge in [0.25, 0.3) is 5.25 Å². The van der Waals surface area contributed by atoms with Gasteiger partial charge in [0, 0.05) is 6.42 Å². The van der Waals surface area contributed by atoms with E-state index in [1.54, 1.807) is 30.4 Å². The lowest BCUT2D eigenvalue weighted by molar-refractivity contribution is -0.151. The van der Waals surface area contributed by atoms with E-state index in [4.69, 9.17) is 9.47 Å². The number of allylic oxidation sites excluding steroid dienone is 2. The molecule has 1 aliphatic carbocycles. The van der Waals surface area contributed by atoms with Crippen LogP contribution >= 0.6 is 0 Å². The van der Waals surface area contributed by atoms with Gasteiger partial charge < -0.3 is 9.47 Å². The largest absolute Gasteiger partial charge is 0.460 e. The zero-order valence-corrected chi connectivity index (χ0v) is 18.7. The fraction of sp³-hybridized carbons (Fsp3) is 0.280. The average molecular weight is 455 g/mol. The highest BCUT2D eigenvalue weighted by molar-refractivity contribution is 7.93. The molecule has 0 heterocycles. The molecule has 168 valence electrons. The molecule has 0 bridgehead atoms. The van der Waals surface area contributed by atoms with Crippen molar-refractivity contribution in [2.45, 2.75) is 42.8 Å². The number of aryl methyl sites for hydroxylation is 1. The Morgan fingerprint density at radius 3 is 2.38 bits per heavy atom. The first-order chi connectivity index (χ1) is 15.4. The number of carbonyl (C=O) groups excluding carboxylic acids is 2. The van der Waals surface area contributed by atoms with Crippen LogP contribution in [0.25, 0.3) is 6.08 Å².